The molecule has 19 heteroatoms. The van der Waals surface area contributed by atoms with Crippen LogP contribution in [0.4, 0.5) is 0 Å². The van der Waals surface area contributed by atoms with Crippen molar-refractivity contribution in [2.45, 2.75) is 457 Å². The summed E-state index contributed by atoms with van der Waals surface area (Å²) in [6.07, 6.45) is 66.7. The molecule has 0 rings (SSSR count). The van der Waals surface area contributed by atoms with Gasteiger partial charge in [-0.25, -0.2) is 9.13 Å². The van der Waals surface area contributed by atoms with Crippen molar-refractivity contribution in [3.05, 3.63) is 0 Å². The van der Waals surface area contributed by atoms with Crippen LogP contribution in [0.3, 0.4) is 0 Å². The van der Waals surface area contributed by atoms with Gasteiger partial charge in [0, 0.05) is 25.7 Å². The molecule has 0 saturated heterocycles. The van der Waals surface area contributed by atoms with E-state index in [9.17, 15) is 43.2 Å². The van der Waals surface area contributed by atoms with E-state index < -0.39 is 97.5 Å². The van der Waals surface area contributed by atoms with Crippen LogP contribution in [0, 0.1) is 5.92 Å². The fraction of sp³-hybridized carbons (Fsp3) is 0.951. The number of rotatable bonds is 82. The third kappa shape index (κ3) is 76.1. The summed E-state index contributed by atoms with van der Waals surface area (Å²) in [6.45, 7) is 7.29. The molecule has 0 spiro atoms. The molecular weight excluding hydrogens is 1320 g/mol. The fourth-order valence-electron chi connectivity index (χ4n) is 12.8. The standard InChI is InChI=1S/C82H160O17P2/c1-6-9-12-15-18-21-24-27-30-32-34-36-38-41-44-47-52-58-63-68-81(86)98-77(71-92-79(84)65-60-55-50-45-42-40-37-35-33-31-28-25-22-19-16-13-10-7-2)73-96-100(88,89)94-69-76(83)70-95-101(90,91)97-74-78(72-93-80(85)66-61-56-53-48-49-54-59-64-75(4)5)99-82(87)67-62-57-51-46-43-39-29-26-23-20-17-14-11-8-3/h75-78,83H,6-74H2,1-5H3,(H,88,89)(H,90,91)/t76-,77-,78-/m1/s1. The Hall–Kier alpha value is -1.94. The van der Waals surface area contributed by atoms with Gasteiger partial charge in [-0.1, -0.05) is 388 Å². The van der Waals surface area contributed by atoms with Crippen molar-refractivity contribution in [1.82, 2.24) is 0 Å². The number of phosphoric ester groups is 2. The van der Waals surface area contributed by atoms with Crippen molar-refractivity contribution in [2.75, 3.05) is 39.6 Å². The predicted molar refractivity (Wildman–Crippen MR) is 414 cm³/mol. The first kappa shape index (κ1) is 99.1. The Morgan fingerprint density at radius 1 is 0.267 bits per heavy atom. The molecule has 3 N–H and O–H groups in total. The number of phosphoric acid groups is 2. The molecule has 0 aliphatic carbocycles. The number of carbonyl (C=O) groups is 4. The summed E-state index contributed by atoms with van der Waals surface area (Å²) >= 11 is 0. The lowest BCUT2D eigenvalue weighted by Gasteiger charge is -2.21. The SMILES string of the molecule is CCCCCCCCCCCCCCCCCCCCCC(=O)O[C@H](COC(=O)CCCCCCCCCCCCCCCCCCCC)COP(=O)(O)OC[C@@H](O)COP(=O)(O)OC[C@@H](COC(=O)CCCCCCCCCC(C)C)OC(=O)CCCCCCCCCCCCCCCC. The van der Waals surface area contributed by atoms with Crippen LogP contribution in [0.25, 0.3) is 0 Å². The number of hydrogen-bond donors (Lipinski definition) is 3. The minimum absolute atomic E-state index is 0.108. The molecule has 101 heavy (non-hydrogen) atoms. The molecule has 2 unspecified atom stereocenters. The van der Waals surface area contributed by atoms with Gasteiger partial charge in [0.25, 0.3) is 0 Å². The molecule has 0 aliphatic heterocycles. The van der Waals surface area contributed by atoms with E-state index in [1.165, 1.54) is 257 Å². The first-order valence-electron chi connectivity index (χ1n) is 42.6. The molecule has 0 aromatic heterocycles. The first-order chi connectivity index (χ1) is 49.0. The molecule has 0 bridgehead atoms. The molecule has 0 fully saturated rings. The Morgan fingerprint density at radius 3 is 0.673 bits per heavy atom. The maximum absolute atomic E-state index is 13.1. The number of aliphatic hydroxyl groups is 1. The minimum atomic E-state index is -4.96. The van der Waals surface area contributed by atoms with E-state index >= 15 is 0 Å². The summed E-state index contributed by atoms with van der Waals surface area (Å²) < 4.78 is 68.7. The summed E-state index contributed by atoms with van der Waals surface area (Å²) in [4.78, 5) is 73.0. The summed E-state index contributed by atoms with van der Waals surface area (Å²) in [5.74, 6) is -1.40. The van der Waals surface area contributed by atoms with Crippen molar-refractivity contribution >= 4 is 39.5 Å². The maximum atomic E-state index is 13.1. The highest BCUT2D eigenvalue weighted by molar-refractivity contribution is 7.47. The Labute approximate surface area is 619 Å². The molecule has 0 heterocycles. The first-order valence-corrected chi connectivity index (χ1v) is 45.6. The average Bonchev–Trinajstić information content (AvgIpc) is 1.01. The highest BCUT2D eigenvalue weighted by atomic mass is 31.2. The zero-order valence-corrected chi connectivity index (χ0v) is 67.8. The summed E-state index contributed by atoms with van der Waals surface area (Å²) in [6, 6.07) is 0. The van der Waals surface area contributed by atoms with Crippen molar-refractivity contribution in [3.8, 4) is 0 Å². The average molecular weight is 1480 g/mol. The van der Waals surface area contributed by atoms with Gasteiger partial charge >= 0.3 is 39.5 Å². The van der Waals surface area contributed by atoms with E-state index in [1.54, 1.807) is 0 Å². The third-order valence-corrected chi connectivity index (χ3v) is 21.2. The number of unbranched alkanes of at least 4 members (excludes halogenated alkanes) is 54. The Balaban J connectivity index is 5.23. The smallest absolute Gasteiger partial charge is 0.462 e. The van der Waals surface area contributed by atoms with Gasteiger partial charge < -0.3 is 33.8 Å². The highest BCUT2D eigenvalue weighted by Crippen LogP contribution is 2.45. The Morgan fingerprint density at radius 2 is 0.455 bits per heavy atom. The van der Waals surface area contributed by atoms with Gasteiger partial charge in [0.2, 0.25) is 0 Å². The Bertz CT molecular complexity index is 1930. The lowest BCUT2D eigenvalue weighted by Crippen LogP contribution is -2.30. The lowest BCUT2D eigenvalue weighted by atomic mass is 10.0. The molecule has 5 atom stereocenters. The quantitative estimate of drug-likeness (QED) is 0.0222. The second-order valence-electron chi connectivity index (χ2n) is 30.0. The summed E-state index contributed by atoms with van der Waals surface area (Å²) in [5, 5.41) is 10.6. The van der Waals surface area contributed by atoms with Crippen molar-refractivity contribution in [1.29, 1.82) is 0 Å². The number of hydrogen-bond acceptors (Lipinski definition) is 15. The van der Waals surface area contributed by atoms with E-state index in [-0.39, 0.29) is 25.7 Å². The van der Waals surface area contributed by atoms with Crippen LogP contribution in [0.2, 0.25) is 0 Å². The third-order valence-electron chi connectivity index (χ3n) is 19.3. The van der Waals surface area contributed by atoms with Crippen LogP contribution in [0.15, 0.2) is 0 Å². The summed E-state index contributed by atoms with van der Waals surface area (Å²) in [5.41, 5.74) is 0. The normalized spacial score (nSPS) is 13.8. The van der Waals surface area contributed by atoms with Crippen LogP contribution in [0.5, 0.6) is 0 Å². The minimum Gasteiger partial charge on any atom is -0.462 e. The van der Waals surface area contributed by atoms with E-state index in [0.717, 1.165) is 96.3 Å². The van der Waals surface area contributed by atoms with Gasteiger partial charge in [-0.15, -0.1) is 0 Å². The number of carbonyl (C=O) groups excluding carboxylic acids is 4. The van der Waals surface area contributed by atoms with Gasteiger partial charge in [0.15, 0.2) is 12.2 Å². The van der Waals surface area contributed by atoms with E-state index in [0.29, 0.717) is 31.6 Å². The zero-order chi connectivity index (χ0) is 74.1. The molecule has 0 saturated carbocycles. The molecular formula is C82H160O17P2. The Kier molecular flexibility index (Phi) is 73.5. The van der Waals surface area contributed by atoms with Crippen molar-refractivity contribution < 1.29 is 80.2 Å². The van der Waals surface area contributed by atoms with Gasteiger partial charge in [0.05, 0.1) is 26.4 Å². The second kappa shape index (κ2) is 74.9. The molecule has 600 valence electrons. The van der Waals surface area contributed by atoms with Crippen LogP contribution in [0.1, 0.15) is 439 Å². The van der Waals surface area contributed by atoms with E-state index in [2.05, 4.69) is 34.6 Å². The number of esters is 4. The molecule has 0 aromatic carbocycles. The zero-order valence-electron chi connectivity index (χ0n) is 66.1. The molecule has 0 aliphatic rings. The number of aliphatic hydroxyl groups excluding tert-OH is 1. The van der Waals surface area contributed by atoms with E-state index in [1.807, 2.05) is 0 Å². The number of ether oxygens (including phenoxy) is 4. The monoisotopic (exact) mass is 1480 g/mol. The van der Waals surface area contributed by atoms with Gasteiger partial charge in [-0.2, -0.15) is 0 Å². The topological polar surface area (TPSA) is 237 Å². The predicted octanol–water partition coefficient (Wildman–Crippen LogP) is 24.8. The van der Waals surface area contributed by atoms with Gasteiger partial charge in [-0.05, 0) is 31.6 Å². The van der Waals surface area contributed by atoms with Crippen LogP contribution < -0.4 is 0 Å². The lowest BCUT2D eigenvalue weighted by molar-refractivity contribution is -0.161. The van der Waals surface area contributed by atoms with Gasteiger partial charge in [-0.3, -0.25) is 37.3 Å². The maximum Gasteiger partial charge on any atom is 0.472 e. The van der Waals surface area contributed by atoms with Crippen LogP contribution >= 0.6 is 15.6 Å². The van der Waals surface area contributed by atoms with Crippen LogP contribution in [-0.4, -0.2) is 96.7 Å². The largest absolute Gasteiger partial charge is 0.472 e. The van der Waals surface area contributed by atoms with Gasteiger partial charge in [0.1, 0.15) is 19.3 Å². The molecule has 0 radical (unpaired) electrons. The second-order valence-corrected chi connectivity index (χ2v) is 32.9. The summed E-state index contributed by atoms with van der Waals surface area (Å²) in [7, 11) is -9.92. The van der Waals surface area contributed by atoms with E-state index in [4.69, 9.17) is 37.0 Å². The fourth-order valence-corrected chi connectivity index (χ4v) is 14.3. The highest BCUT2D eigenvalue weighted by Gasteiger charge is 2.30. The molecule has 17 nitrogen and oxygen atoms in total. The van der Waals surface area contributed by atoms with Crippen LogP contribution in [-0.2, 0) is 65.4 Å². The molecule has 0 aromatic rings. The van der Waals surface area contributed by atoms with Crippen molar-refractivity contribution in [3.63, 3.8) is 0 Å². The van der Waals surface area contributed by atoms with Crippen molar-refractivity contribution in [2.24, 2.45) is 5.92 Å². The molecule has 0 amide bonds.